The minimum absolute atomic E-state index is 0.0394. The van der Waals surface area contributed by atoms with Gasteiger partial charge in [0.2, 0.25) is 0 Å². The number of aldehydes is 1. The van der Waals surface area contributed by atoms with Crippen LogP contribution < -0.4 is 0 Å². The number of hydrogen-bond acceptors (Lipinski definition) is 2. The van der Waals surface area contributed by atoms with Crippen molar-refractivity contribution in [3.8, 4) is 0 Å². The Labute approximate surface area is 53.6 Å². The van der Waals surface area contributed by atoms with Crippen molar-refractivity contribution in [3.05, 3.63) is 12.2 Å². The molecule has 0 fully saturated rings. The van der Waals surface area contributed by atoms with Crippen LogP contribution in [0.2, 0.25) is 0 Å². The van der Waals surface area contributed by atoms with Crippen LogP contribution in [0, 0.1) is 5.92 Å². The van der Waals surface area contributed by atoms with Crippen LogP contribution in [0.15, 0.2) is 12.2 Å². The van der Waals surface area contributed by atoms with Crippen molar-refractivity contribution in [2.24, 2.45) is 5.92 Å². The van der Waals surface area contributed by atoms with Crippen molar-refractivity contribution in [2.75, 3.05) is 0 Å². The van der Waals surface area contributed by atoms with E-state index in [2.05, 4.69) is 0 Å². The van der Waals surface area contributed by atoms with Crippen molar-refractivity contribution in [2.45, 2.75) is 12.8 Å². The molecular formula is C7H8O2. The third-order valence-electron chi connectivity index (χ3n) is 1.53. The summed E-state index contributed by atoms with van der Waals surface area (Å²) in [7, 11) is 0. The second kappa shape index (κ2) is 2.58. The van der Waals surface area contributed by atoms with E-state index in [1.165, 1.54) is 0 Å². The van der Waals surface area contributed by atoms with Gasteiger partial charge in [-0.25, -0.2) is 0 Å². The third-order valence-corrected chi connectivity index (χ3v) is 1.53. The molecule has 0 aromatic carbocycles. The molecular weight excluding hydrogens is 116 g/mol. The second-order valence-corrected chi connectivity index (χ2v) is 2.16. The second-order valence-electron chi connectivity index (χ2n) is 2.16. The largest absolute Gasteiger partial charge is 0.295 e. The predicted molar refractivity (Wildman–Crippen MR) is 32.9 cm³/mol. The molecule has 0 N–H and O–H groups in total. The van der Waals surface area contributed by atoms with Gasteiger partial charge in [-0.05, 0) is 12.8 Å². The highest BCUT2D eigenvalue weighted by Crippen LogP contribution is 2.17. The van der Waals surface area contributed by atoms with Crippen LogP contribution in [0.1, 0.15) is 12.8 Å². The molecule has 2 heteroatoms. The summed E-state index contributed by atoms with van der Waals surface area (Å²) in [6, 6.07) is 0. The van der Waals surface area contributed by atoms with Gasteiger partial charge in [-0.15, -0.1) is 0 Å². The predicted octanol–water partition coefficient (Wildman–Crippen LogP) is 0.721. The molecule has 0 unspecified atom stereocenters. The van der Waals surface area contributed by atoms with Crippen molar-refractivity contribution in [1.82, 2.24) is 0 Å². The van der Waals surface area contributed by atoms with Crippen LogP contribution in [0.5, 0.6) is 0 Å². The maximum absolute atomic E-state index is 10.6. The number of allylic oxidation sites excluding steroid dienone is 2. The first kappa shape index (κ1) is 6.20. The van der Waals surface area contributed by atoms with E-state index in [1.807, 2.05) is 12.2 Å². The molecule has 0 amide bonds. The van der Waals surface area contributed by atoms with Crippen molar-refractivity contribution >= 4 is 12.1 Å². The number of ketones is 1. The fraction of sp³-hybridized carbons (Fsp3) is 0.429. The SMILES string of the molecule is O=CC(=O)C1CC=CC1. The van der Waals surface area contributed by atoms with Gasteiger partial charge in [0.15, 0.2) is 12.1 Å². The lowest BCUT2D eigenvalue weighted by molar-refractivity contribution is -0.132. The standard InChI is InChI=1S/C7H8O2/c8-5-7(9)6-3-1-2-4-6/h1-2,5-6H,3-4H2. The highest BCUT2D eigenvalue weighted by molar-refractivity contribution is 6.26. The molecule has 0 spiro atoms. The average Bonchev–Trinajstić information content (AvgIpc) is 2.37. The van der Waals surface area contributed by atoms with Gasteiger partial charge in [0.05, 0.1) is 0 Å². The number of rotatable bonds is 2. The van der Waals surface area contributed by atoms with E-state index in [9.17, 15) is 9.59 Å². The molecule has 0 saturated carbocycles. The molecule has 0 bridgehead atoms. The molecule has 0 aliphatic heterocycles. The summed E-state index contributed by atoms with van der Waals surface area (Å²) in [5.41, 5.74) is 0. The smallest absolute Gasteiger partial charge is 0.198 e. The highest BCUT2D eigenvalue weighted by Gasteiger charge is 2.17. The Balaban J connectivity index is 2.45. The molecule has 9 heavy (non-hydrogen) atoms. The van der Waals surface area contributed by atoms with E-state index in [-0.39, 0.29) is 11.7 Å². The molecule has 1 aliphatic rings. The first-order valence-corrected chi connectivity index (χ1v) is 2.98. The maximum Gasteiger partial charge on any atom is 0.198 e. The fourth-order valence-electron chi connectivity index (χ4n) is 0.946. The zero-order chi connectivity index (χ0) is 6.69. The Bertz CT molecular complexity index is 150. The summed E-state index contributed by atoms with van der Waals surface area (Å²) in [6.07, 6.45) is 5.78. The van der Waals surface area contributed by atoms with Crippen molar-refractivity contribution < 1.29 is 9.59 Å². The number of hydrogen-bond donors (Lipinski definition) is 0. The van der Waals surface area contributed by atoms with Crippen LogP contribution in [0.3, 0.4) is 0 Å². The molecule has 48 valence electrons. The molecule has 0 atom stereocenters. The lowest BCUT2D eigenvalue weighted by atomic mass is 10.0. The fourth-order valence-corrected chi connectivity index (χ4v) is 0.946. The van der Waals surface area contributed by atoms with Gasteiger partial charge in [0.25, 0.3) is 0 Å². The van der Waals surface area contributed by atoms with E-state index in [1.54, 1.807) is 0 Å². The summed E-state index contributed by atoms with van der Waals surface area (Å²) in [5.74, 6) is -0.303. The average molecular weight is 124 g/mol. The third kappa shape index (κ3) is 1.25. The van der Waals surface area contributed by atoms with E-state index >= 15 is 0 Å². The van der Waals surface area contributed by atoms with Gasteiger partial charge >= 0.3 is 0 Å². The lowest BCUT2D eigenvalue weighted by Crippen LogP contribution is -2.11. The van der Waals surface area contributed by atoms with E-state index in [4.69, 9.17) is 0 Å². The zero-order valence-corrected chi connectivity index (χ0v) is 5.04. The normalized spacial score (nSPS) is 18.2. The molecule has 0 aromatic rings. The summed E-state index contributed by atoms with van der Waals surface area (Å²) in [6.45, 7) is 0. The van der Waals surface area contributed by atoms with Crippen LogP contribution in [0.25, 0.3) is 0 Å². The molecule has 2 nitrogen and oxygen atoms in total. The number of carbonyl (C=O) groups is 2. The minimum Gasteiger partial charge on any atom is -0.295 e. The van der Waals surface area contributed by atoms with Gasteiger partial charge in [-0.1, -0.05) is 12.2 Å². The molecule has 0 aromatic heterocycles. The molecule has 0 heterocycles. The van der Waals surface area contributed by atoms with E-state index < -0.39 is 0 Å². The first-order valence-electron chi connectivity index (χ1n) is 2.98. The van der Waals surface area contributed by atoms with Gasteiger partial charge in [0, 0.05) is 5.92 Å². The van der Waals surface area contributed by atoms with Gasteiger partial charge in [0.1, 0.15) is 0 Å². The first-order chi connectivity index (χ1) is 4.34. The van der Waals surface area contributed by atoms with E-state index in [0.717, 1.165) is 12.8 Å². The highest BCUT2D eigenvalue weighted by atomic mass is 16.2. The van der Waals surface area contributed by atoms with Crippen LogP contribution in [0.4, 0.5) is 0 Å². The zero-order valence-electron chi connectivity index (χ0n) is 5.04. The van der Waals surface area contributed by atoms with Crippen LogP contribution >= 0.6 is 0 Å². The van der Waals surface area contributed by atoms with Gasteiger partial charge in [-0.3, -0.25) is 9.59 Å². The molecule has 0 saturated heterocycles. The maximum atomic E-state index is 10.6. The van der Waals surface area contributed by atoms with E-state index in [0.29, 0.717) is 6.29 Å². The molecule has 1 rings (SSSR count). The summed E-state index contributed by atoms with van der Waals surface area (Å²) >= 11 is 0. The Morgan fingerprint density at radius 1 is 1.44 bits per heavy atom. The Morgan fingerprint density at radius 3 is 2.44 bits per heavy atom. The summed E-state index contributed by atoms with van der Waals surface area (Å²) < 4.78 is 0. The van der Waals surface area contributed by atoms with Crippen LogP contribution in [-0.4, -0.2) is 12.1 Å². The Hall–Kier alpha value is -0.920. The molecule has 0 radical (unpaired) electrons. The Kier molecular flexibility index (Phi) is 1.78. The van der Waals surface area contributed by atoms with Crippen molar-refractivity contribution in [1.29, 1.82) is 0 Å². The van der Waals surface area contributed by atoms with Gasteiger partial charge < -0.3 is 0 Å². The number of Topliss-reactive ketones (excluding diaryl/α,β-unsaturated/α-hetero) is 1. The van der Waals surface area contributed by atoms with Crippen LogP contribution in [-0.2, 0) is 9.59 Å². The topological polar surface area (TPSA) is 34.1 Å². The summed E-state index contributed by atoms with van der Waals surface area (Å²) in [5, 5.41) is 0. The lowest BCUT2D eigenvalue weighted by Gasteiger charge is -1.98. The Morgan fingerprint density at radius 2 is 2.00 bits per heavy atom. The number of carbonyl (C=O) groups excluding carboxylic acids is 2. The van der Waals surface area contributed by atoms with Gasteiger partial charge in [-0.2, -0.15) is 0 Å². The summed E-state index contributed by atoms with van der Waals surface area (Å²) in [4.78, 5) is 20.5. The monoisotopic (exact) mass is 124 g/mol. The minimum atomic E-state index is -0.264. The van der Waals surface area contributed by atoms with Crippen molar-refractivity contribution in [3.63, 3.8) is 0 Å². The molecule has 1 aliphatic carbocycles. The quantitative estimate of drug-likeness (QED) is 0.309.